The molecule has 3 N–H and O–H groups in total. The molecule has 5 rings (SSSR count). The van der Waals surface area contributed by atoms with Crippen molar-refractivity contribution in [2.45, 2.75) is 27.6 Å². The minimum absolute atomic E-state index is 0.0611. The summed E-state index contributed by atoms with van der Waals surface area (Å²) < 4.78 is 1.47. The number of carbonyl (C=O) groups excluding carboxylic acids is 1. The lowest BCUT2D eigenvalue weighted by Crippen LogP contribution is -2.33. The summed E-state index contributed by atoms with van der Waals surface area (Å²) in [5.41, 5.74) is 3.59. The highest BCUT2D eigenvalue weighted by molar-refractivity contribution is 8.01. The van der Waals surface area contributed by atoms with Gasteiger partial charge in [-0.3, -0.25) is 25.0 Å². The van der Waals surface area contributed by atoms with Crippen molar-refractivity contribution in [3.05, 3.63) is 87.5 Å². The quantitative estimate of drug-likeness (QED) is 0.195. The summed E-state index contributed by atoms with van der Waals surface area (Å²) in [7, 11) is 0. The van der Waals surface area contributed by atoms with Crippen LogP contribution in [-0.2, 0) is 4.79 Å². The number of carboxylic acids is 1. The zero-order valence-corrected chi connectivity index (χ0v) is 21.8. The molecule has 2 atom stereocenters. The fraction of sp³-hybridized carbons (Fsp3) is 0.160. The molecule has 1 fully saturated rings. The number of fused-ring (bicyclic) bond motifs is 1. The van der Waals surface area contributed by atoms with Crippen molar-refractivity contribution in [2.75, 3.05) is 11.1 Å². The average Bonchev–Trinajstić information content (AvgIpc) is 3.51. The smallest absolute Gasteiger partial charge is 0.321 e. The van der Waals surface area contributed by atoms with Crippen molar-refractivity contribution >= 4 is 68.3 Å². The summed E-state index contributed by atoms with van der Waals surface area (Å²) in [6.07, 6.45) is 0. The minimum Gasteiger partial charge on any atom is -0.480 e. The molecule has 1 saturated heterocycles. The molecule has 1 aromatic heterocycles. The highest BCUT2D eigenvalue weighted by atomic mass is 32.2. The first-order valence-electron chi connectivity index (χ1n) is 11.1. The van der Waals surface area contributed by atoms with E-state index in [0.29, 0.717) is 31.8 Å². The Bertz CT molecular complexity index is 1520. The molecule has 0 bridgehead atoms. The van der Waals surface area contributed by atoms with E-state index in [1.54, 1.807) is 36.4 Å². The number of nitro benzene ring substituents is 1. The molecule has 0 aliphatic carbocycles. The second kappa shape index (κ2) is 10.5. The van der Waals surface area contributed by atoms with E-state index in [1.165, 1.54) is 40.9 Å². The molecule has 2 heterocycles. The van der Waals surface area contributed by atoms with E-state index >= 15 is 0 Å². The summed E-state index contributed by atoms with van der Waals surface area (Å²) in [6, 6.07) is 17.0. The van der Waals surface area contributed by atoms with Crippen LogP contribution < -0.4 is 10.6 Å². The Labute approximate surface area is 223 Å². The minimum atomic E-state index is -0.939. The van der Waals surface area contributed by atoms with Crippen molar-refractivity contribution in [2.24, 2.45) is 0 Å². The zero-order valence-electron chi connectivity index (χ0n) is 19.3. The summed E-state index contributed by atoms with van der Waals surface area (Å²) in [5, 5.41) is 26.6. The number of hydrogen-bond acceptors (Lipinski definition) is 9. The predicted molar refractivity (Wildman–Crippen MR) is 146 cm³/mol. The van der Waals surface area contributed by atoms with E-state index in [2.05, 4.69) is 15.6 Å². The van der Waals surface area contributed by atoms with Gasteiger partial charge in [-0.1, -0.05) is 35.5 Å². The lowest BCUT2D eigenvalue weighted by atomic mass is 10.1. The number of aliphatic carboxylic acids is 1. The number of nitro groups is 1. The molecular weight excluding hydrogens is 532 g/mol. The first-order chi connectivity index (χ1) is 17.8. The molecule has 0 radical (unpaired) electrons. The second-order valence-corrected chi connectivity index (χ2v) is 11.8. The van der Waals surface area contributed by atoms with Gasteiger partial charge in [0.05, 0.1) is 25.4 Å². The third-order valence-corrected chi connectivity index (χ3v) is 9.11. The average molecular weight is 553 g/mol. The van der Waals surface area contributed by atoms with Crippen LogP contribution in [0.3, 0.4) is 0 Å². The van der Waals surface area contributed by atoms with Gasteiger partial charge in [0.2, 0.25) is 0 Å². The SMILES string of the molecule is Cc1ccc(C(=O)Nc2ccc3nc(Sc4ccc([C@@H]5N[C@H](C(=O)O)CS5)cc4[N+](=O)[O-])sc3c2)cc1. The molecule has 1 aliphatic heterocycles. The largest absolute Gasteiger partial charge is 0.480 e. The lowest BCUT2D eigenvalue weighted by molar-refractivity contribution is -0.387. The Hall–Kier alpha value is -3.45. The number of hydrogen-bond donors (Lipinski definition) is 3. The van der Waals surface area contributed by atoms with Crippen LogP contribution in [0, 0.1) is 17.0 Å². The number of nitrogens with zero attached hydrogens (tertiary/aromatic N) is 2. The number of benzene rings is 3. The Kier molecular flexibility index (Phi) is 7.15. The van der Waals surface area contributed by atoms with E-state index in [1.807, 2.05) is 25.1 Å². The van der Waals surface area contributed by atoms with E-state index in [0.717, 1.165) is 15.8 Å². The van der Waals surface area contributed by atoms with Crippen molar-refractivity contribution in [3.8, 4) is 0 Å². The number of thiazole rings is 1. The van der Waals surface area contributed by atoms with Gasteiger partial charge in [-0.15, -0.1) is 23.1 Å². The van der Waals surface area contributed by atoms with Crippen molar-refractivity contribution < 1.29 is 19.6 Å². The molecule has 188 valence electrons. The third-order valence-electron chi connectivity index (χ3n) is 5.70. The number of carboxylic acid groups (broad SMARTS) is 1. The molecule has 9 nitrogen and oxygen atoms in total. The molecule has 12 heteroatoms. The third kappa shape index (κ3) is 5.62. The molecule has 1 aliphatic rings. The van der Waals surface area contributed by atoms with Crippen LogP contribution in [0.5, 0.6) is 0 Å². The monoisotopic (exact) mass is 552 g/mol. The molecular formula is C25H20N4O5S3. The summed E-state index contributed by atoms with van der Waals surface area (Å²) in [4.78, 5) is 40.2. The summed E-state index contributed by atoms with van der Waals surface area (Å²) >= 11 is 3.99. The lowest BCUT2D eigenvalue weighted by Gasteiger charge is -2.12. The number of carbonyl (C=O) groups is 2. The standard InChI is InChI=1S/C25H20N4O5S3/c1-13-2-4-14(5-3-13)22(30)26-16-7-8-17-21(11-16)37-25(28-17)36-20-9-6-15(10-19(20)29(33)34)23-27-18(12-35-23)24(31)32/h2-11,18,23,27H,12H2,1H3,(H,26,30)(H,31,32)/t18-,23+/m0/s1. The fourth-order valence-electron chi connectivity index (χ4n) is 3.76. The summed E-state index contributed by atoms with van der Waals surface area (Å²) in [5.74, 6) is -0.757. The number of amides is 1. The molecule has 0 saturated carbocycles. The van der Waals surface area contributed by atoms with Crippen LogP contribution in [0.1, 0.15) is 26.9 Å². The van der Waals surface area contributed by atoms with Crippen LogP contribution in [0.25, 0.3) is 10.2 Å². The van der Waals surface area contributed by atoms with Crippen LogP contribution >= 0.6 is 34.9 Å². The van der Waals surface area contributed by atoms with Crippen molar-refractivity contribution in [1.82, 2.24) is 10.3 Å². The van der Waals surface area contributed by atoms with Crippen molar-refractivity contribution in [3.63, 3.8) is 0 Å². The van der Waals surface area contributed by atoms with Crippen LogP contribution in [0.15, 0.2) is 69.9 Å². The van der Waals surface area contributed by atoms with Crippen molar-refractivity contribution in [1.29, 1.82) is 0 Å². The highest BCUT2D eigenvalue weighted by Crippen LogP contribution is 2.42. The second-order valence-electron chi connectivity index (χ2n) is 8.34. The van der Waals surface area contributed by atoms with Gasteiger partial charge in [0.1, 0.15) is 6.04 Å². The number of aromatic nitrogens is 1. The van der Waals surface area contributed by atoms with Gasteiger partial charge in [0.15, 0.2) is 4.34 Å². The normalized spacial score (nSPS) is 17.1. The summed E-state index contributed by atoms with van der Waals surface area (Å²) in [6.45, 7) is 1.96. The van der Waals surface area contributed by atoms with Crippen LogP contribution in [-0.4, -0.2) is 38.7 Å². The van der Waals surface area contributed by atoms with E-state index in [4.69, 9.17) is 0 Å². The maximum Gasteiger partial charge on any atom is 0.321 e. The number of aryl methyl sites for hydroxylation is 1. The first-order valence-corrected chi connectivity index (χ1v) is 13.8. The highest BCUT2D eigenvalue weighted by Gasteiger charge is 2.31. The Balaban J connectivity index is 1.34. The number of thioether (sulfide) groups is 1. The molecule has 0 spiro atoms. The van der Waals surface area contributed by atoms with E-state index < -0.39 is 16.9 Å². The Morgan fingerprint density at radius 1 is 1.16 bits per heavy atom. The van der Waals surface area contributed by atoms with E-state index in [-0.39, 0.29) is 17.0 Å². The Morgan fingerprint density at radius 2 is 1.95 bits per heavy atom. The van der Waals surface area contributed by atoms with Gasteiger partial charge in [0, 0.05) is 23.1 Å². The molecule has 4 aromatic rings. The predicted octanol–water partition coefficient (Wildman–Crippen LogP) is 5.70. The zero-order chi connectivity index (χ0) is 26.1. The number of rotatable bonds is 7. The topological polar surface area (TPSA) is 134 Å². The van der Waals surface area contributed by atoms with Crippen LogP contribution in [0.4, 0.5) is 11.4 Å². The molecule has 1 amide bonds. The molecule has 0 unspecified atom stereocenters. The van der Waals surface area contributed by atoms with Gasteiger partial charge >= 0.3 is 5.97 Å². The van der Waals surface area contributed by atoms with Gasteiger partial charge < -0.3 is 10.4 Å². The van der Waals surface area contributed by atoms with Gasteiger partial charge in [-0.2, -0.15) is 0 Å². The fourth-order valence-corrected chi connectivity index (χ4v) is 7.13. The number of anilines is 1. The van der Waals surface area contributed by atoms with E-state index in [9.17, 15) is 24.8 Å². The number of nitrogens with one attached hydrogen (secondary N) is 2. The molecule has 37 heavy (non-hydrogen) atoms. The van der Waals surface area contributed by atoms with Gasteiger partial charge in [0.25, 0.3) is 11.6 Å². The Morgan fingerprint density at radius 3 is 2.65 bits per heavy atom. The van der Waals surface area contributed by atoms with Gasteiger partial charge in [-0.25, -0.2) is 4.98 Å². The maximum atomic E-state index is 12.6. The van der Waals surface area contributed by atoms with Gasteiger partial charge in [-0.05, 0) is 48.9 Å². The molecule has 3 aromatic carbocycles. The maximum absolute atomic E-state index is 12.6. The first kappa shape index (κ1) is 25.2. The van der Waals surface area contributed by atoms with Crippen LogP contribution in [0.2, 0.25) is 0 Å².